The first kappa shape index (κ1) is 24.8. The van der Waals surface area contributed by atoms with Crippen LogP contribution in [0, 0.1) is 5.92 Å². The number of nitrogens with two attached hydrogens (primary N) is 2. The van der Waals surface area contributed by atoms with E-state index in [0.717, 1.165) is 12.1 Å². The van der Waals surface area contributed by atoms with Crippen LogP contribution in [0.4, 0.5) is 39.1 Å². The Morgan fingerprint density at radius 2 is 1.68 bits per heavy atom. The fourth-order valence-electron chi connectivity index (χ4n) is 5.18. The van der Waals surface area contributed by atoms with Crippen LogP contribution in [0.2, 0.25) is 5.15 Å². The highest BCUT2D eigenvalue weighted by atomic mass is 35.5. The number of anilines is 3. The van der Waals surface area contributed by atoms with Crippen LogP contribution in [-0.2, 0) is 6.18 Å². The van der Waals surface area contributed by atoms with Crippen LogP contribution in [0.1, 0.15) is 43.9 Å². The number of nitrogens with zero attached hydrogens (tertiary/aromatic N) is 3. The number of alkyl halides is 5. The maximum absolute atomic E-state index is 13.8. The molecule has 2 fully saturated rings. The van der Waals surface area contributed by atoms with Gasteiger partial charge in [-0.25, -0.2) is 13.8 Å². The van der Waals surface area contributed by atoms with Gasteiger partial charge in [-0.15, -0.1) is 0 Å². The van der Waals surface area contributed by atoms with Gasteiger partial charge in [-0.3, -0.25) is 4.90 Å². The standard InChI is InChI=1S/C23H27ClF5N5/c1-12-11-34(13(2)10-33(12)17-7-18(24)32-21(31)19(17)30)20(15-8-22(25,26)9-15)14-3-5-16(6-4-14)23(27,28)29/h3-7,12-13,15,20H,8-11,30H2,1-2H3,(H2,31,32)/t12-,13+,20?/m0/s1. The van der Waals surface area contributed by atoms with Crippen LogP contribution in [-0.4, -0.2) is 41.0 Å². The molecule has 11 heteroatoms. The summed E-state index contributed by atoms with van der Waals surface area (Å²) in [7, 11) is 0. The van der Waals surface area contributed by atoms with E-state index in [1.54, 1.807) is 6.07 Å². The third-order valence-electron chi connectivity index (χ3n) is 6.88. The predicted molar refractivity (Wildman–Crippen MR) is 123 cm³/mol. The molecule has 2 aromatic rings. The Kier molecular flexibility index (Phi) is 6.35. The van der Waals surface area contributed by atoms with Crippen LogP contribution in [0.5, 0.6) is 0 Å². The summed E-state index contributed by atoms with van der Waals surface area (Å²) >= 11 is 6.09. The first-order chi connectivity index (χ1) is 15.8. The van der Waals surface area contributed by atoms with Crippen molar-refractivity contribution in [2.24, 2.45) is 5.92 Å². The number of piperazine rings is 1. The van der Waals surface area contributed by atoms with E-state index in [9.17, 15) is 22.0 Å². The molecule has 0 spiro atoms. The van der Waals surface area contributed by atoms with Crippen LogP contribution in [0.15, 0.2) is 30.3 Å². The molecule has 1 aromatic heterocycles. The molecule has 1 unspecified atom stereocenters. The van der Waals surface area contributed by atoms with Crippen LogP contribution < -0.4 is 16.4 Å². The molecule has 0 amide bonds. The summed E-state index contributed by atoms with van der Waals surface area (Å²) in [5, 5.41) is 0.211. The fraction of sp³-hybridized carbons (Fsp3) is 0.522. The maximum Gasteiger partial charge on any atom is 0.416 e. The monoisotopic (exact) mass is 503 g/mol. The van der Waals surface area contributed by atoms with Crippen molar-refractivity contribution in [1.29, 1.82) is 0 Å². The lowest BCUT2D eigenvalue weighted by Crippen LogP contribution is -2.59. The number of rotatable bonds is 4. The topological polar surface area (TPSA) is 71.4 Å². The van der Waals surface area contributed by atoms with Crippen molar-refractivity contribution in [2.45, 2.75) is 56.9 Å². The minimum Gasteiger partial charge on any atom is -0.394 e. The molecule has 0 bridgehead atoms. The molecule has 4 N–H and O–H groups in total. The Morgan fingerprint density at radius 3 is 2.24 bits per heavy atom. The van der Waals surface area contributed by atoms with Crippen LogP contribution >= 0.6 is 11.6 Å². The first-order valence-corrected chi connectivity index (χ1v) is 11.4. The smallest absolute Gasteiger partial charge is 0.394 e. The molecule has 34 heavy (non-hydrogen) atoms. The van der Waals surface area contributed by atoms with E-state index < -0.39 is 23.7 Å². The highest BCUT2D eigenvalue weighted by Gasteiger charge is 2.51. The third kappa shape index (κ3) is 4.75. The first-order valence-electron chi connectivity index (χ1n) is 11.1. The van der Waals surface area contributed by atoms with Gasteiger partial charge in [-0.2, -0.15) is 13.2 Å². The van der Waals surface area contributed by atoms with Gasteiger partial charge < -0.3 is 16.4 Å². The summed E-state index contributed by atoms with van der Waals surface area (Å²) in [4.78, 5) is 8.14. The Morgan fingerprint density at radius 1 is 1.06 bits per heavy atom. The molecule has 1 saturated carbocycles. The molecule has 2 aliphatic rings. The lowest BCUT2D eigenvalue weighted by atomic mass is 9.73. The molecule has 3 atom stereocenters. The van der Waals surface area contributed by atoms with Gasteiger partial charge in [0.15, 0.2) is 5.82 Å². The molecule has 4 rings (SSSR count). The average molecular weight is 504 g/mol. The van der Waals surface area contributed by atoms with Crippen molar-refractivity contribution < 1.29 is 22.0 Å². The molecular formula is C23H27ClF5N5. The Balaban J connectivity index is 1.63. The second-order valence-corrected chi connectivity index (χ2v) is 9.79. The quantitative estimate of drug-likeness (QED) is 0.419. The van der Waals surface area contributed by atoms with Gasteiger partial charge in [0.2, 0.25) is 5.92 Å². The predicted octanol–water partition coefficient (Wildman–Crippen LogP) is 5.60. The molecule has 2 heterocycles. The zero-order chi connectivity index (χ0) is 25.0. The molecule has 5 nitrogen and oxygen atoms in total. The van der Waals surface area contributed by atoms with Crippen molar-refractivity contribution in [1.82, 2.24) is 9.88 Å². The lowest BCUT2D eigenvalue weighted by molar-refractivity contribution is -0.138. The van der Waals surface area contributed by atoms with E-state index in [-0.39, 0.29) is 41.8 Å². The number of nitrogen functional groups attached to an aromatic ring is 2. The minimum atomic E-state index is -4.46. The van der Waals surface area contributed by atoms with Gasteiger partial charge in [0.05, 0.1) is 16.9 Å². The van der Waals surface area contributed by atoms with E-state index in [1.165, 1.54) is 12.1 Å². The molecule has 1 aliphatic heterocycles. The highest BCUT2D eigenvalue weighted by molar-refractivity contribution is 6.30. The molecule has 1 aromatic carbocycles. The van der Waals surface area contributed by atoms with E-state index in [2.05, 4.69) is 14.8 Å². The zero-order valence-corrected chi connectivity index (χ0v) is 19.5. The Hall–Kier alpha value is -2.33. The molecule has 1 saturated heterocycles. The number of aromatic nitrogens is 1. The van der Waals surface area contributed by atoms with Crippen molar-refractivity contribution >= 4 is 28.8 Å². The zero-order valence-electron chi connectivity index (χ0n) is 18.8. The number of halogens is 6. The molecular weight excluding hydrogens is 477 g/mol. The Bertz CT molecular complexity index is 1040. The third-order valence-corrected chi connectivity index (χ3v) is 7.08. The SMILES string of the molecule is C[C@@H]1CN(c2cc(Cl)nc(N)c2N)[C@@H](C)CN1C(c1ccc(C(F)(F)F)cc1)C1CC(F)(F)C1. The maximum atomic E-state index is 13.8. The van der Waals surface area contributed by atoms with Gasteiger partial charge in [-0.1, -0.05) is 23.7 Å². The number of hydrogen-bond acceptors (Lipinski definition) is 5. The van der Waals surface area contributed by atoms with E-state index in [1.807, 2.05) is 13.8 Å². The molecule has 1 aliphatic carbocycles. The van der Waals surface area contributed by atoms with Gasteiger partial charge in [0.25, 0.3) is 0 Å². The Labute approximate surface area is 199 Å². The van der Waals surface area contributed by atoms with Gasteiger partial charge in [0, 0.05) is 50.1 Å². The van der Waals surface area contributed by atoms with Gasteiger partial charge >= 0.3 is 6.18 Å². The normalized spacial score (nSPS) is 24.6. The summed E-state index contributed by atoms with van der Waals surface area (Å²) in [6, 6.07) is 5.89. The van der Waals surface area contributed by atoms with Gasteiger partial charge in [-0.05, 0) is 37.5 Å². The van der Waals surface area contributed by atoms with Crippen LogP contribution in [0.3, 0.4) is 0 Å². The number of benzene rings is 1. The average Bonchev–Trinajstić information content (AvgIpc) is 2.71. The highest BCUT2D eigenvalue weighted by Crippen LogP contribution is 2.51. The largest absolute Gasteiger partial charge is 0.416 e. The molecule has 186 valence electrons. The number of pyridine rings is 1. The van der Waals surface area contributed by atoms with Crippen molar-refractivity contribution in [3.8, 4) is 0 Å². The summed E-state index contributed by atoms with van der Waals surface area (Å²) in [6.07, 6.45) is -5.04. The van der Waals surface area contributed by atoms with Crippen molar-refractivity contribution in [2.75, 3.05) is 29.5 Å². The second-order valence-electron chi connectivity index (χ2n) is 9.40. The lowest BCUT2D eigenvalue weighted by Gasteiger charge is -2.52. The van der Waals surface area contributed by atoms with Crippen molar-refractivity contribution in [3.05, 3.63) is 46.6 Å². The minimum absolute atomic E-state index is 0.0890. The summed E-state index contributed by atoms with van der Waals surface area (Å²) in [5.41, 5.74) is 12.9. The summed E-state index contributed by atoms with van der Waals surface area (Å²) < 4.78 is 66.8. The molecule has 0 radical (unpaired) electrons. The summed E-state index contributed by atoms with van der Waals surface area (Å²) in [5.74, 6) is -2.97. The van der Waals surface area contributed by atoms with Crippen molar-refractivity contribution in [3.63, 3.8) is 0 Å². The second kappa shape index (κ2) is 8.71. The van der Waals surface area contributed by atoms with E-state index in [4.69, 9.17) is 23.1 Å². The summed E-state index contributed by atoms with van der Waals surface area (Å²) in [6.45, 7) is 4.94. The van der Waals surface area contributed by atoms with E-state index >= 15 is 0 Å². The fourth-order valence-corrected chi connectivity index (χ4v) is 5.37. The van der Waals surface area contributed by atoms with Crippen LogP contribution in [0.25, 0.3) is 0 Å². The van der Waals surface area contributed by atoms with Gasteiger partial charge in [0.1, 0.15) is 5.15 Å². The van der Waals surface area contributed by atoms with E-state index in [0.29, 0.717) is 30.0 Å². The number of hydrogen-bond donors (Lipinski definition) is 2.